The summed E-state index contributed by atoms with van der Waals surface area (Å²) in [6.45, 7) is 1.78. The molecule has 0 saturated carbocycles. The Bertz CT molecular complexity index is 957. The number of hydrogen-bond acceptors (Lipinski definition) is 6. The molecule has 3 aromatic rings. The predicted molar refractivity (Wildman–Crippen MR) is 89.2 cm³/mol. The van der Waals surface area contributed by atoms with E-state index in [-0.39, 0.29) is 11.4 Å². The van der Waals surface area contributed by atoms with Gasteiger partial charge in [0.15, 0.2) is 5.69 Å². The normalized spacial score (nSPS) is 10.9. The van der Waals surface area contributed by atoms with Crippen molar-refractivity contribution in [3.63, 3.8) is 0 Å². The Balaban J connectivity index is 1.72. The fourth-order valence-corrected chi connectivity index (χ4v) is 2.15. The summed E-state index contributed by atoms with van der Waals surface area (Å²) in [6.07, 6.45) is 1.30. The van der Waals surface area contributed by atoms with Crippen LogP contribution in [0.4, 0.5) is 5.69 Å². The molecule has 0 bridgehead atoms. The van der Waals surface area contributed by atoms with E-state index in [1.165, 1.54) is 12.3 Å². The molecular weight excluding hydrogens is 326 g/mol. The summed E-state index contributed by atoms with van der Waals surface area (Å²) in [5.41, 5.74) is 3.61. The lowest BCUT2D eigenvalue weighted by atomic mass is 10.1. The third kappa shape index (κ3) is 3.61. The topological polar surface area (TPSA) is 126 Å². The Labute approximate surface area is 141 Å². The van der Waals surface area contributed by atoms with Crippen LogP contribution in [-0.2, 0) is 0 Å². The van der Waals surface area contributed by atoms with Gasteiger partial charge in [0.2, 0.25) is 0 Å². The number of nitrogens with one attached hydrogen (secondary N) is 2. The third-order valence-electron chi connectivity index (χ3n) is 3.29. The van der Waals surface area contributed by atoms with Crippen LogP contribution in [0.3, 0.4) is 0 Å². The molecule has 9 nitrogen and oxygen atoms in total. The van der Waals surface area contributed by atoms with Gasteiger partial charge in [0.25, 0.3) is 11.6 Å². The Morgan fingerprint density at radius 2 is 2.16 bits per heavy atom. The van der Waals surface area contributed by atoms with E-state index in [9.17, 15) is 14.9 Å². The lowest BCUT2D eigenvalue weighted by Gasteiger charge is -1.98. The van der Waals surface area contributed by atoms with Crippen LogP contribution in [0.15, 0.2) is 52.0 Å². The minimum absolute atomic E-state index is 0.0532. The number of aromatic nitrogens is 2. The fourth-order valence-electron chi connectivity index (χ4n) is 2.15. The van der Waals surface area contributed by atoms with Gasteiger partial charge in [-0.1, -0.05) is 12.1 Å². The maximum absolute atomic E-state index is 11.8. The molecule has 2 heterocycles. The molecule has 0 aliphatic carbocycles. The number of aryl methyl sites for hydroxylation is 1. The highest BCUT2D eigenvalue weighted by atomic mass is 16.6. The highest BCUT2D eigenvalue weighted by molar-refractivity contribution is 5.93. The number of carbonyl (C=O) groups excluding carboxylic acids is 1. The zero-order valence-electron chi connectivity index (χ0n) is 13.1. The van der Waals surface area contributed by atoms with E-state index < -0.39 is 10.8 Å². The average molecular weight is 339 g/mol. The van der Waals surface area contributed by atoms with Crippen LogP contribution in [0.2, 0.25) is 0 Å². The molecule has 0 aliphatic heterocycles. The first kappa shape index (κ1) is 16.1. The second kappa shape index (κ2) is 6.79. The summed E-state index contributed by atoms with van der Waals surface area (Å²) < 4.78 is 5.53. The van der Waals surface area contributed by atoms with E-state index >= 15 is 0 Å². The summed E-state index contributed by atoms with van der Waals surface area (Å²) in [7, 11) is 0. The van der Waals surface area contributed by atoms with Crippen LogP contribution >= 0.6 is 0 Å². The number of nitro benzene ring substituents is 1. The van der Waals surface area contributed by atoms with E-state index in [1.807, 2.05) is 0 Å². The first-order valence-corrected chi connectivity index (χ1v) is 7.23. The van der Waals surface area contributed by atoms with E-state index in [0.29, 0.717) is 17.1 Å². The van der Waals surface area contributed by atoms with Crippen LogP contribution in [0.5, 0.6) is 0 Å². The molecule has 3 rings (SSSR count). The first-order valence-electron chi connectivity index (χ1n) is 7.23. The molecule has 1 amide bonds. The van der Waals surface area contributed by atoms with Crippen molar-refractivity contribution < 1.29 is 14.1 Å². The number of aromatic amines is 1. The monoisotopic (exact) mass is 339 g/mol. The standard InChI is InChI=1S/C16H13N5O4/c1-10-8-13(19-18-10)16(22)20-17-9-11-6-7-15(25-11)12-4-2-3-5-14(12)21(23)24/h2-9H,1H3,(H,18,19)(H,20,22)/b17-9-. The number of furan rings is 1. The van der Waals surface area contributed by atoms with Crippen LogP contribution in [0, 0.1) is 17.0 Å². The molecule has 1 aromatic carbocycles. The summed E-state index contributed by atoms with van der Waals surface area (Å²) in [5, 5.41) is 21.3. The molecular formula is C16H13N5O4. The highest BCUT2D eigenvalue weighted by Crippen LogP contribution is 2.30. The van der Waals surface area contributed by atoms with Crippen molar-refractivity contribution in [2.45, 2.75) is 6.92 Å². The number of carbonyl (C=O) groups is 1. The first-order chi connectivity index (χ1) is 12.0. The van der Waals surface area contributed by atoms with Crippen molar-refractivity contribution >= 4 is 17.8 Å². The number of hydrogen-bond donors (Lipinski definition) is 2. The van der Waals surface area contributed by atoms with E-state index in [0.717, 1.165) is 5.69 Å². The van der Waals surface area contributed by atoms with Crippen molar-refractivity contribution in [1.29, 1.82) is 0 Å². The molecule has 0 atom stereocenters. The minimum atomic E-state index is -0.474. The third-order valence-corrected chi connectivity index (χ3v) is 3.29. The fraction of sp³-hybridized carbons (Fsp3) is 0.0625. The molecule has 0 spiro atoms. The van der Waals surface area contributed by atoms with Gasteiger partial charge in [-0.25, -0.2) is 5.43 Å². The smallest absolute Gasteiger partial charge is 0.291 e. The maximum Gasteiger partial charge on any atom is 0.291 e. The Kier molecular flexibility index (Phi) is 4.38. The molecule has 0 fully saturated rings. The zero-order chi connectivity index (χ0) is 17.8. The molecule has 2 N–H and O–H groups in total. The van der Waals surface area contributed by atoms with Crippen molar-refractivity contribution in [2.75, 3.05) is 0 Å². The molecule has 0 saturated heterocycles. The van der Waals surface area contributed by atoms with E-state index in [2.05, 4.69) is 20.7 Å². The molecule has 9 heteroatoms. The van der Waals surface area contributed by atoms with Gasteiger partial charge in [0.1, 0.15) is 11.5 Å². The van der Waals surface area contributed by atoms with Gasteiger partial charge in [-0.15, -0.1) is 0 Å². The summed E-state index contributed by atoms with van der Waals surface area (Å²) in [6, 6.07) is 11.1. The average Bonchev–Trinajstić information content (AvgIpc) is 3.24. The number of hydrazone groups is 1. The van der Waals surface area contributed by atoms with Gasteiger partial charge in [-0.3, -0.25) is 20.0 Å². The number of nitro groups is 1. The van der Waals surface area contributed by atoms with Crippen LogP contribution in [0.25, 0.3) is 11.3 Å². The quantitative estimate of drug-likeness (QED) is 0.420. The molecule has 0 radical (unpaired) electrons. The molecule has 2 aromatic heterocycles. The van der Waals surface area contributed by atoms with E-state index in [1.54, 1.807) is 43.3 Å². The van der Waals surface area contributed by atoms with Gasteiger partial charge < -0.3 is 4.42 Å². The van der Waals surface area contributed by atoms with Crippen LogP contribution in [0.1, 0.15) is 21.9 Å². The number of rotatable bonds is 5. The predicted octanol–water partition coefficient (Wildman–Crippen LogP) is 2.65. The summed E-state index contributed by atoms with van der Waals surface area (Å²) in [4.78, 5) is 22.4. The molecule has 25 heavy (non-hydrogen) atoms. The minimum Gasteiger partial charge on any atom is -0.455 e. The van der Waals surface area contributed by atoms with Gasteiger partial charge in [-0.05, 0) is 31.2 Å². The Hall–Kier alpha value is -3.75. The number of amides is 1. The van der Waals surface area contributed by atoms with Gasteiger partial charge in [0, 0.05) is 11.8 Å². The van der Waals surface area contributed by atoms with Crippen LogP contribution < -0.4 is 5.43 Å². The highest BCUT2D eigenvalue weighted by Gasteiger charge is 2.16. The largest absolute Gasteiger partial charge is 0.455 e. The molecule has 0 aliphatic rings. The van der Waals surface area contributed by atoms with Crippen molar-refractivity contribution in [3.8, 4) is 11.3 Å². The summed E-state index contributed by atoms with van der Waals surface area (Å²) in [5.74, 6) is 0.209. The van der Waals surface area contributed by atoms with Gasteiger partial charge in [0.05, 0.1) is 16.7 Å². The maximum atomic E-state index is 11.8. The second-order valence-corrected chi connectivity index (χ2v) is 5.11. The molecule has 0 unspecified atom stereocenters. The SMILES string of the molecule is Cc1cc(C(=O)N/N=C\c2ccc(-c3ccccc3[N+](=O)[O-])o2)n[nH]1. The lowest BCUT2D eigenvalue weighted by Crippen LogP contribution is -2.17. The number of nitrogens with zero attached hydrogens (tertiary/aromatic N) is 3. The van der Waals surface area contributed by atoms with Crippen molar-refractivity contribution in [2.24, 2.45) is 5.10 Å². The summed E-state index contributed by atoms with van der Waals surface area (Å²) >= 11 is 0. The van der Waals surface area contributed by atoms with Crippen molar-refractivity contribution in [1.82, 2.24) is 15.6 Å². The number of H-pyrrole nitrogens is 1. The number of para-hydroxylation sites is 1. The van der Waals surface area contributed by atoms with Crippen LogP contribution in [-0.4, -0.2) is 27.2 Å². The van der Waals surface area contributed by atoms with Gasteiger partial charge in [-0.2, -0.15) is 10.2 Å². The lowest BCUT2D eigenvalue weighted by molar-refractivity contribution is -0.384. The molecule has 126 valence electrons. The Morgan fingerprint density at radius 1 is 1.36 bits per heavy atom. The second-order valence-electron chi connectivity index (χ2n) is 5.11. The van der Waals surface area contributed by atoms with Gasteiger partial charge >= 0.3 is 0 Å². The van der Waals surface area contributed by atoms with Crippen molar-refractivity contribution in [3.05, 3.63) is 69.7 Å². The van der Waals surface area contributed by atoms with E-state index in [4.69, 9.17) is 4.42 Å². The number of benzene rings is 1. The Morgan fingerprint density at radius 3 is 2.88 bits per heavy atom. The zero-order valence-corrected chi connectivity index (χ0v) is 13.1.